The van der Waals surface area contributed by atoms with Gasteiger partial charge in [-0.3, -0.25) is 0 Å². The maximum absolute atomic E-state index is 9.13. The third-order valence-corrected chi connectivity index (χ3v) is 2.27. The van der Waals surface area contributed by atoms with E-state index in [1.165, 1.54) is 0 Å². The average Bonchev–Trinajstić information content (AvgIpc) is 2.29. The van der Waals surface area contributed by atoms with E-state index in [4.69, 9.17) is 11.0 Å². The van der Waals surface area contributed by atoms with Crippen LogP contribution in [0.4, 0.5) is 0 Å². The highest BCUT2D eigenvalue weighted by Crippen LogP contribution is 2.24. The van der Waals surface area contributed by atoms with E-state index in [1.807, 2.05) is 43.3 Å². The van der Waals surface area contributed by atoms with Crippen LogP contribution < -0.4 is 5.73 Å². The van der Waals surface area contributed by atoms with Gasteiger partial charge in [-0.05, 0) is 24.5 Å². The normalized spacial score (nSPS) is 12.9. The van der Waals surface area contributed by atoms with Crippen LogP contribution in [0, 0.1) is 11.3 Å². The zero-order valence-corrected chi connectivity index (χ0v) is 9.70. The molecular formula is C14H16N2. The van der Waals surface area contributed by atoms with Crippen LogP contribution in [0.15, 0.2) is 47.7 Å². The van der Waals surface area contributed by atoms with E-state index in [0.717, 1.165) is 17.6 Å². The fraction of sp³-hybridized carbons (Fsp3) is 0.214. The molecule has 0 unspecified atom stereocenters. The zero-order chi connectivity index (χ0) is 12.0. The van der Waals surface area contributed by atoms with E-state index in [-0.39, 0.29) is 0 Å². The van der Waals surface area contributed by atoms with E-state index in [1.54, 1.807) is 6.92 Å². The average molecular weight is 212 g/mol. The van der Waals surface area contributed by atoms with Crippen LogP contribution in [0.3, 0.4) is 0 Å². The van der Waals surface area contributed by atoms with E-state index in [2.05, 4.69) is 6.07 Å². The van der Waals surface area contributed by atoms with Crippen LogP contribution in [-0.2, 0) is 0 Å². The van der Waals surface area contributed by atoms with Gasteiger partial charge in [0.05, 0.1) is 5.57 Å². The maximum atomic E-state index is 9.13. The molecule has 1 rings (SSSR count). The molecule has 0 bridgehead atoms. The summed E-state index contributed by atoms with van der Waals surface area (Å²) in [6.45, 7) is 3.80. The van der Waals surface area contributed by atoms with E-state index < -0.39 is 0 Å². The molecule has 0 radical (unpaired) electrons. The molecule has 0 aliphatic heterocycles. The lowest BCUT2D eigenvalue weighted by atomic mass is 9.96. The van der Waals surface area contributed by atoms with Crippen molar-refractivity contribution >= 4 is 5.57 Å². The molecule has 0 aliphatic rings. The van der Waals surface area contributed by atoms with Crippen LogP contribution in [0.2, 0.25) is 0 Å². The summed E-state index contributed by atoms with van der Waals surface area (Å²) in [6, 6.07) is 12.0. The van der Waals surface area contributed by atoms with Gasteiger partial charge in [0.1, 0.15) is 6.07 Å². The maximum Gasteiger partial charge on any atom is 0.102 e. The summed E-state index contributed by atoms with van der Waals surface area (Å²) in [4.78, 5) is 0. The number of rotatable bonds is 3. The summed E-state index contributed by atoms with van der Waals surface area (Å²) < 4.78 is 0. The SMILES string of the molecule is CCC=C(C(C#N)=C(C)N)c1ccccc1. The molecule has 1 aromatic rings. The Morgan fingerprint density at radius 3 is 2.44 bits per heavy atom. The molecule has 0 fully saturated rings. The molecule has 2 nitrogen and oxygen atoms in total. The van der Waals surface area contributed by atoms with E-state index >= 15 is 0 Å². The Morgan fingerprint density at radius 1 is 1.38 bits per heavy atom. The second-order valence-corrected chi connectivity index (χ2v) is 3.56. The third-order valence-electron chi connectivity index (χ3n) is 2.27. The van der Waals surface area contributed by atoms with Crippen molar-refractivity contribution in [2.45, 2.75) is 20.3 Å². The van der Waals surface area contributed by atoms with Crippen molar-refractivity contribution in [1.82, 2.24) is 0 Å². The standard InChI is InChI=1S/C14H16N2/c1-3-7-13(14(10-15)11(2)16)12-8-5-4-6-9-12/h4-9H,3,16H2,1-2H3. The minimum atomic E-state index is 0.561. The fourth-order valence-electron chi connectivity index (χ4n) is 1.55. The van der Waals surface area contributed by atoms with Crippen molar-refractivity contribution in [1.29, 1.82) is 5.26 Å². The summed E-state index contributed by atoms with van der Waals surface area (Å²) in [6.07, 6.45) is 2.91. The van der Waals surface area contributed by atoms with Crippen LogP contribution in [0.5, 0.6) is 0 Å². The number of nitrogens with two attached hydrogens (primary N) is 1. The largest absolute Gasteiger partial charge is 0.401 e. The number of benzene rings is 1. The molecule has 0 aromatic heterocycles. The number of hydrogen-bond acceptors (Lipinski definition) is 2. The summed E-state index contributed by atoms with van der Waals surface area (Å²) in [5, 5.41) is 9.13. The Morgan fingerprint density at radius 2 is 2.00 bits per heavy atom. The number of hydrogen-bond donors (Lipinski definition) is 1. The van der Waals surface area contributed by atoms with Crippen molar-refractivity contribution in [2.75, 3.05) is 0 Å². The molecule has 0 saturated carbocycles. The molecule has 2 heteroatoms. The van der Waals surface area contributed by atoms with Gasteiger partial charge in [-0.25, -0.2) is 0 Å². The Kier molecular flexibility index (Phi) is 4.35. The summed E-state index contributed by atoms with van der Waals surface area (Å²) >= 11 is 0. The molecule has 0 amide bonds. The molecule has 0 spiro atoms. The highest BCUT2D eigenvalue weighted by Gasteiger charge is 2.08. The van der Waals surface area contributed by atoms with E-state index in [0.29, 0.717) is 11.3 Å². The van der Waals surface area contributed by atoms with Crippen molar-refractivity contribution < 1.29 is 0 Å². The van der Waals surface area contributed by atoms with Crippen molar-refractivity contribution in [3.63, 3.8) is 0 Å². The van der Waals surface area contributed by atoms with Crippen LogP contribution in [-0.4, -0.2) is 0 Å². The first-order valence-corrected chi connectivity index (χ1v) is 5.33. The lowest BCUT2D eigenvalue weighted by Gasteiger charge is -2.07. The molecular weight excluding hydrogens is 196 g/mol. The molecule has 0 aliphatic carbocycles. The monoisotopic (exact) mass is 212 g/mol. The molecule has 0 heterocycles. The van der Waals surface area contributed by atoms with Gasteiger partial charge in [-0.15, -0.1) is 0 Å². The van der Waals surface area contributed by atoms with E-state index in [9.17, 15) is 0 Å². The molecule has 16 heavy (non-hydrogen) atoms. The Labute approximate surface area is 96.7 Å². The van der Waals surface area contributed by atoms with Gasteiger partial charge in [-0.1, -0.05) is 43.3 Å². The van der Waals surface area contributed by atoms with Gasteiger partial charge < -0.3 is 5.73 Å². The second-order valence-electron chi connectivity index (χ2n) is 3.56. The molecule has 2 N–H and O–H groups in total. The minimum absolute atomic E-state index is 0.561. The predicted octanol–water partition coefficient (Wildman–Crippen LogP) is 3.24. The Bertz CT molecular complexity index is 443. The fourth-order valence-corrected chi connectivity index (χ4v) is 1.55. The van der Waals surface area contributed by atoms with Crippen LogP contribution >= 0.6 is 0 Å². The minimum Gasteiger partial charge on any atom is -0.401 e. The molecule has 82 valence electrons. The first kappa shape index (κ1) is 12.1. The lowest BCUT2D eigenvalue weighted by Crippen LogP contribution is -1.99. The Hall–Kier alpha value is -2.01. The van der Waals surface area contributed by atoms with Crippen LogP contribution in [0.1, 0.15) is 25.8 Å². The first-order chi connectivity index (χ1) is 7.70. The van der Waals surface area contributed by atoms with Crippen molar-refractivity contribution in [3.8, 4) is 6.07 Å². The van der Waals surface area contributed by atoms with Crippen molar-refractivity contribution in [3.05, 3.63) is 53.2 Å². The quantitative estimate of drug-likeness (QED) is 0.617. The summed E-state index contributed by atoms with van der Waals surface area (Å²) in [5.74, 6) is 0. The Balaban J connectivity index is 3.28. The van der Waals surface area contributed by atoms with Gasteiger partial charge in [0.25, 0.3) is 0 Å². The van der Waals surface area contributed by atoms with Gasteiger partial charge in [0.15, 0.2) is 0 Å². The molecule has 0 atom stereocenters. The smallest absolute Gasteiger partial charge is 0.102 e. The zero-order valence-electron chi connectivity index (χ0n) is 9.70. The number of nitriles is 1. The highest BCUT2D eigenvalue weighted by molar-refractivity contribution is 5.83. The van der Waals surface area contributed by atoms with Gasteiger partial charge in [-0.2, -0.15) is 5.26 Å². The number of allylic oxidation sites excluding steroid dienone is 4. The molecule has 1 aromatic carbocycles. The first-order valence-electron chi connectivity index (χ1n) is 5.33. The second kappa shape index (κ2) is 5.77. The predicted molar refractivity (Wildman–Crippen MR) is 67.2 cm³/mol. The van der Waals surface area contributed by atoms with Crippen molar-refractivity contribution in [2.24, 2.45) is 5.73 Å². The third kappa shape index (κ3) is 2.74. The number of nitrogens with zero attached hydrogens (tertiary/aromatic N) is 1. The van der Waals surface area contributed by atoms with Crippen LogP contribution in [0.25, 0.3) is 5.57 Å². The lowest BCUT2D eigenvalue weighted by molar-refractivity contribution is 1.21. The topological polar surface area (TPSA) is 49.8 Å². The van der Waals surface area contributed by atoms with Gasteiger partial charge in [0, 0.05) is 5.70 Å². The van der Waals surface area contributed by atoms with Gasteiger partial charge in [0.2, 0.25) is 0 Å². The molecule has 0 saturated heterocycles. The summed E-state index contributed by atoms with van der Waals surface area (Å²) in [7, 11) is 0. The highest BCUT2D eigenvalue weighted by atomic mass is 14.6. The van der Waals surface area contributed by atoms with Gasteiger partial charge >= 0.3 is 0 Å². The summed E-state index contributed by atoms with van der Waals surface area (Å²) in [5.41, 5.74) is 8.81.